The summed E-state index contributed by atoms with van der Waals surface area (Å²) in [6.45, 7) is 8.94. The maximum absolute atomic E-state index is 12.7. The Hall–Kier alpha value is -1.59. The number of carbonyl (C=O) groups excluding carboxylic acids is 1. The molecule has 27 heavy (non-hydrogen) atoms. The molecule has 4 rings (SSSR count). The van der Waals surface area contributed by atoms with Crippen LogP contribution in [-0.4, -0.2) is 42.3 Å². The Morgan fingerprint density at radius 2 is 2.00 bits per heavy atom. The third kappa shape index (κ3) is 3.72. The lowest BCUT2D eigenvalue weighted by molar-refractivity contribution is -0.0807. The third-order valence-corrected chi connectivity index (χ3v) is 6.31. The summed E-state index contributed by atoms with van der Waals surface area (Å²) in [5.74, 6) is 0.493. The van der Waals surface area contributed by atoms with Gasteiger partial charge in [0, 0.05) is 19.6 Å². The number of rotatable bonds is 1. The smallest absolute Gasteiger partial charge is 0.410 e. The highest BCUT2D eigenvalue weighted by atomic mass is 16.6. The van der Waals surface area contributed by atoms with Gasteiger partial charge >= 0.3 is 6.09 Å². The number of piperazine rings is 1. The summed E-state index contributed by atoms with van der Waals surface area (Å²) >= 11 is 0. The first-order chi connectivity index (χ1) is 12.9. The van der Waals surface area contributed by atoms with Crippen LogP contribution in [-0.2, 0) is 21.7 Å². The summed E-state index contributed by atoms with van der Waals surface area (Å²) in [7, 11) is 0. The molecule has 1 spiro atoms. The largest absolute Gasteiger partial charge is 0.444 e. The molecule has 2 fully saturated rings. The highest BCUT2D eigenvalue weighted by molar-refractivity contribution is 5.68. The number of nitrogens with zero attached hydrogens (tertiary/aromatic N) is 1. The van der Waals surface area contributed by atoms with Crippen LogP contribution in [0.15, 0.2) is 24.3 Å². The molecule has 2 aliphatic heterocycles. The van der Waals surface area contributed by atoms with Crippen molar-refractivity contribution in [3.8, 4) is 0 Å². The van der Waals surface area contributed by atoms with Gasteiger partial charge in [-0.15, -0.1) is 0 Å². The van der Waals surface area contributed by atoms with Crippen molar-refractivity contribution >= 4 is 6.09 Å². The monoisotopic (exact) mass is 372 g/mol. The number of nitrogens with one attached hydrogen (secondary N) is 1. The van der Waals surface area contributed by atoms with E-state index >= 15 is 0 Å². The van der Waals surface area contributed by atoms with Crippen LogP contribution in [0.4, 0.5) is 4.79 Å². The average Bonchev–Trinajstić information content (AvgIpc) is 3.00. The second-order valence-electron chi connectivity index (χ2n) is 9.22. The summed E-state index contributed by atoms with van der Waals surface area (Å²) in [6.07, 6.45) is 4.07. The van der Waals surface area contributed by atoms with Crippen molar-refractivity contribution in [2.24, 2.45) is 5.92 Å². The lowest BCUT2D eigenvalue weighted by atomic mass is 9.72. The van der Waals surface area contributed by atoms with Crippen molar-refractivity contribution in [1.29, 1.82) is 0 Å². The van der Waals surface area contributed by atoms with Gasteiger partial charge in [-0.3, -0.25) is 0 Å². The Bertz CT molecular complexity index is 689. The van der Waals surface area contributed by atoms with Crippen LogP contribution >= 0.6 is 0 Å². The third-order valence-electron chi connectivity index (χ3n) is 6.31. The zero-order chi connectivity index (χ0) is 19.1. The predicted molar refractivity (Wildman–Crippen MR) is 104 cm³/mol. The van der Waals surface area contributed by atoms with E-state index in [2.05, 4.69) is 29.6 Å². The first-order valence-corrected chi connectivity index (χ1v) is 10.3. The molecule has 1 aromatic rings. The highest BCUT2D eigenvalue weighted by Crippen LogP contribution is 2.49. The van der Waals surface area contributed by atoms with Gasteiger partial charge in [0.2, 0.25) is 0 Å². The fourth-order valence-corrected chi connectivity index (χ4v) is 4.98. The lowest BCUT2D eigenvalue weighted by Crippen LogP contribution is -2.58. The van der Waals surface area contributed by atoms with E-state index < -0.39 is 5.60 Å². The topological polar surface area (TPSA) is 50.8 Å². The van der Waals surface area contributed by atoms with Crippen LogP contribution in [0.25, 0.3) is 0 Å². The average molecular weight is 373 g/mol. The molecule has 148 valence electrons. The number of amides is 1. The molecule has 1 saturated heterocycles. The first-order valence-electron chi connectivity index (χ1n) is 10.3. The number of ether oxygens (including phenoxy) is 2. The van der Waals surface area contributed by atoms with E-state index in [1.54, 1.807) is 0 Å². The Morgan fingerprint density at radius 3 is 2.74 bits per heavy atom. The summed E-state index contributed by atoms with van der Waals surface area (Å²) < 4.78 is 12.0. The van der Waals surface area contributed by atoms with Gasteiger partial charge in [-0.25, -0.2) is 4.79 Å². The quantitative estimate of drug-likeness (QED) is 0.814. The second-order valence-corrected chi connectivity index (χ2v) is 9.22. The van der Waals surface area contributed by atoms with Crippen LogP contribution in [0, 0.1) is 5.92 Å². The van der Waals surface area contributed by atoms with Crippen molar-refractivity contribution in [2.45, 2.75) is 70.3 Å². The van der Waals surface area contributed by atoms with Crippen molar-refractivity contribution in [3.05, 3.63) is 35.4 Å². The van der Waals surface area contributed by atoms with Gasteiger partial charge < -0.3 is 19.7 Å². The van der Waals surface area contributed by atoms with E-state index in [9.17, 15) is 4.79 Å². The number of hydrogen-bond donors (Lipinski definition) is 1. The minimum absolute atomic E-state index is 0.105. The molecule has 1 N–H and O–H groups in total. The zero-order valence-corrected chi connectivity index (χ0v) is 16.8. The maximum Gasteiger partial charge on any atom is 0.410 e. The summed E-state index contributed by atoms with van der Waals surface area (Å²) in [5.41, 5.74) is 2.16. The molecule has 5 nitrogen and oxygen atoms in total. The molecular formula is C22H32N2O3. The van der Waals surface area contributed by atoms with Crippen molar-refractivity contribution < 1.29 is 14.3 Å². The van der Waals surface area contributed by atoms with E-state index in [1.165, 1.54) is 11.1 Å². The van der Waals surface area contributed by atoms with Crippen LogP contribution < -0.4 is 5.32 Å². The molecule has 2 heterocycles. The van der Waals surface area contributed by atoms with E-state index in [4.69, 9.17) is 9.47 Å². The highest BCUT2D eigenvalue weighted by Gasteiger charge is 2.45. The molecule has 3 aliphatic rings. The van der Waals surface area contributed by atoms with Crippen LogP contribution in [0.1, 0.15) is 57.6 Å². The van der Waals surface area contributed by atoms with Gasteiger partial charge in [0.1, 0.15) is 5.60 Å². The molecule has 5 heteroatoms. The number of benzene rings is 1. The Morgan fingerprint density at radius 1 is 1.26 bits per heavy atom. The van der Waals surface area contributed by atoms with Crippen molar-refractivity contribution in [2.75, 3.05) is 19.6 Å². The van der Waals surface area contributed by atoms with Crippen molar-refractivity contribution in [3.63, 3.8) is 0 Å². The normalized spacial score (nSPS) is 31.0. The van der Waals surface area contributed by atoms with Gasteiger partial charge in [0.15, 0.2) is 0 Å². The lowest BCUT2D eigenvalue weighted by Gasteiger charge is -2.45. The summed E-state index contributed by atoms with van der Waals surface area (Å²) in [6, 6.07) is 8.85. The standard InChI is InChI=1S/C22H32N2O3/c1-21(2,3)27-20(25)24-13-12-23-14-19(24)16-8-10-22(11-9-16)18-7-5-4-6-17(18)15-26-22/h4-7,16,19,23H,8-15H2,1-3H3/t16-,19?,22-. The number of carbonyl (C=O) groups is 1. The second kappa shape index (κ2) is 7.10. The first kappa shape index (κ1) is 18.8. The molecule has 1 aliphatic carbocycles. The number of hydrogen-bond acceptors (Lipinski definition) is 4. The molecule has 0 bridgehead atoms. The molecule has 1 atom stereocenters. The van der Waals surface area contributed by atoms with Gasteiger partial charge in [-0.2, -0.15) is 0 Å². The molecule has 0 aromatic heterocycles. The van der Waals surface area contributed by atoms with Crippen LogP contribution in [0.3, 0.4) is 0 Å². The van der Waals surface area contributed by atoms with E-state index in [1.807, 2.05) is 25.7 Å². The van der Waals surface area contributed by atoms with Crippen molar-refractivity contribution in [1.82, 2.24) is 10.2 Å². The summed E-state index contributed by atoms with van der Waals surface area (Å²) in [4.78, 5) is 14.7. The minimum Gasteiger partial charge on any atom is -0.444 e. The molecule has 1 amide bonds. The molecule has 1 unspecified atom stereocenters. The zero-order valence-electron chi connectivity index (χ0n) is 16.8. The molecule has 1 saturated carbocycles. The van der Waals surface area contributed by atoms with E-state index in [0.717, 1.165) is 51.9 Å². The molecule has 0 radical (unpaired) electrons. The summed E-state index contributed by atoms with van der Waals surface area (Å²) in [5, 5.41) is 3.48. The Balaban J connectivity index is 1.45. The number of fused-ring (bicyclic) bond motifs is 2. The van der Waals surface area contributed by atoms with Crippen LogP contribution in [0.2, 0.25) is 0 Å². The fraction of sp³-hybridized carbons (Fsp3) is 0.682. The van der Waals surface area contributed by atoms with Gasteiger partial charge in [-0.05, 0) is 63.5 Å². The Kier molecular flexibility index (Phi) is 4.93. The Labute approximate surface area is 162 Å². The van der Waals surface area contributed by atoms with E-state index in [-0.39, 0.29) is 17.7 Å². The van der Waals surface area contributed by atoms with Gasteiger partial charge in [-0.1, -0.05) is 24.3 Å². The fourth-order valence-electron chi connectivity index (χ4n) is 4.98. The molecule has 1 aromatic carbocycles. The van der Waals surface area contributed by atoms with Gasteiger partial charge in [0.25, 0.3) is 0 Å². The van der Waals surface area contributed by atoms with E-state index in [0.29, 0.717) is 5.92 Å². The minimum atomic E-state index is -0.454. The predicted octanol–water partition coefficient (Wildman–Crippen LogP) is 3.81. The molecular weight excluding hydrogens is 340 g/mol. The van der Waals surface area contributed by atoms with Gasteiger partial charge in [0.05, 0.1) is 18.2 Å². The SMILES string of the molecule is CC(C)(C)OC(=O)N1CCNCC1[C@H]1CC[C@@]2(CC1)OCc1ccccc12. The van der Waals surface area contributed by atoms with Crippen LogP contribution in [0.5, 0.6) is 0 Å². The maximum atomic E-state index is 12.7.